The Morgan fingerprint density at radius 3 is 1.09 bits per heavy atom. The molecule has 0 spiro atoms. The minimum atomic E-state index is -0.677. The van der Waals surface area contributed by atoms with Crippen molar-refractivity contribution in [1.82, 2.24) is 0 Å². The Morgan fingerprint density at radius 2 is 0.761 bits per heavy atom. The summed E-state index contributed by atoms with van der Waals surface area (Å²) < 4.78 is 0. The molecule has 4 aromatic rings. The van der Waals surface area contributed by atoms with Crippen molar-refractivity contribution in [3.63, 3.8) is 0 Å². The minimum absolute atomic E-state index is 0.0402. The van der Waals surface area contributed by atoms with Gasteiger partial charge in [-0.1, -0.05) is 60.7 Å². The number of rotatable bonds is 4. The summed E-state index contributed by atoms with van der Waals surface area (Å²) >= 11 is 0. The summed E-state index contributed by atoms with van der Waals surface area (Å²) in [6.07, 6.45) is 5.76. The van der Waals surface area contributed by atoms with Crippen LogP contribution in [0.4, 0.5) is 11.4 Å². The first-order chi connectivity index (χ1) is 21.7. The zero-order chi connectivity index (χ0) is 32.8. The molecule has 0 radical (unpaired) electrons. The molecule has 244 valence electrons. The van der Waals surface area contributed by atoms with Gasteiger partial charge in [0.2, 0.25) is 0 Å². The Kier molecular flexibility index (Phi) is 7.34. The molecule has 1 aliphatic carbocycles. The second-order valence-corrected chi connectivity index (χ2v) is 17.1. The van der Waals surface area contributed by atoms with Crippen molar-refractivity contribution in [2.45, 2.75) is 140 Å². The Hall–Kier alpha value is -3.08. The standard InChI is InChI=1S/C42H54N2O2/c1-39(2)23-13-24-40(3,4)43(39)33-21-19-31(27-15-9-11-17-29(27)33)35-37(45)36(38(35)46)32-20-22-34(30-18-12-10-16-28(30)32)44-41(5,6)25-14-26-42(44,7)8/h9-12,15-22,35-38,45-46H,13-14,23-26H2,1-8H3. The highest BCUT2D eigenvalue weighted by Crippen LogP contribution is 2.54. The normalized spacial score (nSPS) is 28.3. The topological polar surface area (TPSA) is 46.9 Å². The third-order valence-electron chi connectivity index (χ3n) is 12.1. The van der Waals surface area contributed by atoms with Crippen LogP contribution in [0.3, 0.4) is 0 Å². The van der Waals surface area contributed by atoms with E-state index in [9.17, 15) is 10.2 Å². The van der Waals surface area contributed by atoms with Crippen LogP contribution in [-0.4, -0.2) is 44.6 Å². The van der Waals surface area contributed by atoms with E-state index in [1.165, 1.54) is 35.0 Å². The predicted octanol–water partition coefficient (Wildman–Crippen LogP) is 9.69. The molecule has 0 atom stereocenters. The highest BCUT2D eigenvalue weighted by molar-refractivity contribution is 5.99. The number of aliphatic hydroxyl groups excluding tert-OH is 2. The van der Waals surface area contributed by atoms with Crippen molar-refractivity contribution < 1.29 is 10.2 Å². The molecule has 3 fully saturated rings. The van der Waals surface area contributed by atoms with Crippen LogP contribution in [0.2, 0.25) is 0 Å². The third-order valence-corrected chi connectivity index (χ3v) is 12.1. The lowest BCUT2D eigenvalue weighted by molar-refractivity contribution is -0.0775. The van der Waals surface area contributed by atoms with Gasteiger partial charge in [0, 0.05) is 56.1 Å². The Balaban J connectivity index is 1.27. The van der Waals surface area contributed by atoms with Gasteiger partial charge in [-0.15, -0.1) is 0 Å². The van der Waals surface area contributed by atoms with E-state index in [-0.39, 0.29) is 34.0 Å². The summed E-state index contributed by atoms with van der Waals surface area (Å²) in [5, 5.41) is 28.6. The average molecular weight is 619 g/mol. The summed E-state index contributed by atoms with van der Waals surface area (Å²) in [4.78, 5) is 5.26. The molecule has 2 N–H and O–H groups in total. The maximum atomic E-state index is 12.0. The Bertz CT molecular complexity index is 1610. The van der Waals surface area contributed by atoms with Crippen molar-refractivity contribution in [2.75, 3.05) is 9.80 Å². The zero-order valence-electron chi connectivity index (χ0n) is 29.3. The quantitative estimate of drug-likeness (QED) is 0.239. The molecule has 0 unspecified atom stereocenters. The number of aliphatic hydroxyl groups is 2. The predicted molar refractivity (Wildman–Crippen MR) is 194 cm³/mol. The number of hydrogen-bond donors (Lipinski definition) is 2. The van der Waals surface area contributed by atoms with E-state index in [0.29, 0.717) is 0 Å². The van der Waals surface area contributed by atoms with Crippen LogP contribution in [0, 0.1) is 0 Å². The van der Waals surface area contributed by atoms with Gasteiger partial charge >= 0.3 is 0 Å². The first-order valence-electron chi connectivity index (χ1n) is 17.7. The molecular formula is C42H54N2O2. The van der Waals surface area contributed by atoms with Gasteiger partial charge in [0.25, 0.3) is 0 Å². The van der Waals surface area contributed by atoms with Crippen LogP contribution in [0.15, 0.2) is 72.8 Å². The van der Waals surface area contributed by atoms with E-state index < -0.39 is 12.2 Å². The van der Waals surface area contributed by atoms with E-state index in [1.54, 1.807) is 0 Å². The van der Waals surface area contributed by atoms with Gasteiger partial charge in [0.15, 0.2) is 0 Å². The summed E-state index contributed by atoms with van der Waals surface area (Å²) in [6, 6.07) is 26.1. The van der Waals surface area contributed by atoms with Crippen molar-refractivity contribution >= 4 is 32.9 Å². The molecule has 4 aromatic carbocycles. The van der Waals surface area contributed by atoms with Crippen molar-refractivity contribution in [3.8, 4) is 0 Å². The molecule has 7 rings (SSSR count). The SMILES string of the molecule is CC1(C)CCCC(C)(C)N1c1ccc(C2C(O)C(c3ccc(N4C(C)(C)CCCC4(C)C)c4ccccc34)C2O)c2ccccc12. The highest BCUT2D eigenvalue weighted by Gasteiger charge is 2.52. The van der Waals surface area contributed by atoms with E-state index >= 15 is 0 Å². The molecular weight excluding hydrogens is 564 g/mol. The monoisotopic (exact) mass is 618 g/mol. The summed E-state index contributed by atoms with van der Waals surface area (Å²) in [7, 11) is 0. The van der Waals surface area contributed by atoms with Gasteiger partial charge in [-0.05, 0) is 128 Å². The zero-order valence-corrected chi connectivity index (χ0v) is 29.3. The lowest BCUT2D eigenvalue weighted by Crippen LogP contribution is -2.59. The number of hydrogen-bond acceptors (Lipinski definition) is 4. The van der Waals surface area contributed by atoms with Gasteiger partial charge < -0.3 is 20.0 Å². The second kappa shape index (κ2) is 10.7. The van der Waals surface area contributed by atoms with Crippen molar-refractivity contribution in [3.05, 3.63) is 83.9 Å². The lowest BCUT2D eigenvalue weighted by Gasteiger charge is -2.55. The highest BCUT2D eigenvalue weighted by atomic mass is 16.3. The minimum Gasteiger partial charge on any atom is -0.392 e. The third kappa shape index (κ3) is 4.77. The van der Waals surface area contributed by atoms with Crippen LogP contribution >= 0.6 is 0 Å². The van der Waals surface area contributed by atoms with Gasteiger partial charge in [-0.2, -0.15) is 0 Å². The van der Waals surface area contributed by atoms with E-state index in [4.69, 9.17) is 0 Å². The number of nitrogens with zero attached hydrogens (tertiary/aromatic N) is 2. The molecule has 2 saturated heterocycles. The molecule has 0 amide bonds. The molecule has 46 heavy (non-hydrogen) atoms. The summed E-state index contributed by atoms with van der Waals surface area (Å²) in [6.45, 7) is 18.9. The van der Waals surface area contributed by atoms with Crippen molar-refractivity contribution in [2.24, 2.45) is 0 Å². The maximum Gasteiger partial charge on any atom is 0.0727 e. The average Bonchev–Trinajstić information content (AvgIpc) is 2.97. The van der Waals surface area contributed by atoms with Crippen LogP contribution in [0.5, 0.6) is 0 Å². The molecule has 0 bridgehead atoms. The Morgan fingerprint density at radius 1 is 0.457 bits per heavy atom. The first-order valence-corrected chi connectivity index (χ1v) is 17.7. The summed E-state index contributed by atoms with van der Waals surface area (Å²) in [5.74, 6) is -0.686. The van der Waals surface area contributed by atoms with Crippen LogP contribution in [0.25, 0.3) is 21.5 Å². The van der Waals surface area contributed by atoms with Crippen LogP contribution in [-0.2, 0) is 0 Å². The number of fused-ring (bicyclic) bond motifs is 2. The fourth-order valence-corrected chi connectivity index (χ4v) is 10.3. The van der Waals surface area contributed by atoms with Gasteiger partial charge in [-0.3, -0.25) is 0 Å². The van der Waals surface area contributed by atoms with E-state index in [0.717, 1.165) is 47.6 Å². The molecule has 2 heterocycles. The van der Waals surface area contributed by atoms with Crippen LogP contribution < -0.4 is 9.80 Å². The number of piperidine rings is 2. The van der Waals surface area contributed by atoms with E-state index in [1.807, 2.05) is 0 Å². The molecule has 0 aromatic heterocycles. The number of benzene rings is 4. The first kappa shape index (κ1) is 31.5. The second-order valence-electron chi connectivity index (χ2n) is 17.1. The van der Waals surface area contributed by atoms with Gasteiger partial charge in [0.05, 0.1) is 12.2 Å². The molecule has 4 nitrogen and oxygen atoms in total. The van der Waals surface area contributed by atoms with Gasteiger partial charge in [-0.25, -0.2) is 0 Å². The Labute approximate surface area is 276 Å². The van der Waals surface area contributed by atoms with Crippen molar-refractivity contribution in [1.29, 1.82) is 0 Å². The fourth-order valence-electron chi connectivity index (χ4n) is 10.3. The maximum absolute atomic E-state index is 12.0. The van der Waals surface area contributed by atoms with E-state index in [2.05, 4.69) is 138 Å². The lowest BCUT2D eigenvalue weighted by atomic mass is 9.62. The molecule has 2 aliphatic heterocycles. The molecule has 4 heteroatoms. The number of anilines is 2. The summed E-state index contributed by atoms with van der Waals surface area (Å²) in [5.41, 5.74) is 4.74. The smallest absolute Gasteiger partial charge is 0.0727 e. The van der Waals surface area contributed by atoms with Crippen LogP contribution in [0.1, 0.15) is 117 Å². The molecule has 3 aliphatic rings. The molecule has 1 saturated carbocycles. The largest absolute Gasteiger partial charge is 0.392 e. The van der Waals surface area contributed by atoms with Gasteiger partial charge in [0.1, 0.15) is 0 Å². The fraction of sp³-hybridized carbons (Fsp3) is 0.524.